The number of methoxy groups -OCH3 is 2. The Hall–Kier alpha value is -4.07. The number of carbonyl (C=O) groups is 1. The summed E-state index contributed by atoms with van der Waals surface area (Å²) >= 11 is 0. The first-order valence-corrected chi connectivity index (χ1v) is 9.78. The second kappa shape index (κ2) is 9.17. The largest absolute Gasteiger partial charge is 0.497 e. The highest BCUT2D eigenvalue weighted by Crippen LogP contribution is 2.35. The van der Waals surface area contributed by atoms with Gasteiger partial charge in [-0.05, 0) is 41.5 Å². The number of aliphatic imine (C=N–C) groups is 1. The minimum atomic E-state index is -0.278. The molecule has 31 heavy (non-hydrogen) atoms. The molecule has 4 rings (SSSR count). The molecule has 1 atom stereocenters. The van der Waals surface area contributed by atoms with Crippen molar-refractivity contribution in [3.8, 4) is 22.6 Å². The molecule has 1 aliphatic rings. The molecule has 2 N–H and O–H groups in total. The fraction of sp³-hybridized carbons (Fsp3) is 0.174. The molecule has 1 aromatic heterocycles. The normalized spacial score (nSPS) is 15.1. The van der Waals surface area contributed by atoms with E-state index in [0.29, 0.717) is 24.6 Å². The first-order valence-electron chi connectivity index (χ1n) is 9.78. The number of guanidine groups is 1. The molecule has 1 aliphatic heterocycles. The number of hydrogen-bond donors (Lipinski definition) is 2. The van der Waals surface area contributed by atoms with Crippen molar-refractivity contribution in [3.63, 3.8) is 0 Å². The third-order valence-corrected chi connectivity index (χ3v) is 4.97. The number of nitrogens with zero attached hydrogens (tertiary/aromatic N) is 3. The number of hydrogen-bond acceptors (Lipinski definition) is 7. The molecule has 0 saturated heterocycles. The van der Waals surface area contributed by atoms with Crippen LogP contribution in [-0.4, -0.2) is 37.7 Å². The summed E-state index contributed by atoms with van der Waals surface area (Å²) in [5.41, 5.74) is 6.06. The Bertz CT molecular complexity index is 1090. The van der Waals surface area contributed by atoms with E-state index in [9.17, 15) is 4.79 Å². The molecule has 8 heteroatoms. The summed E-state index contributed by atoms with van der Waals surface area (Å²) in [6.45, 7) is 0. The average Bonchev–Trinajstić information content (AvgIpc) is 3.21. The zero-order valence-corrected chi connectivity index (χ0v) is 17.3. The van der Waals surface area contributed by atoms with E-state index in [-0.39, 0.29) is 6.17 Å². The zero-order chi connectivity index (χ0) is 21.6. The van der Waals surface area contributed by atoms with Gasteiger partial charge in [-0.3, -0.25) is 15.5 Å². The number of hydrazine groups is 1. The van der Waals surface area contributed by atoms with E-state index in [1.54, 1.807) is 20.4 Å². The second-order valence-corrected chi connectivity index (χ2v) is 6.86. The molecule has 1 unspecified atom stereocenters. The number of carbonyl (C=O) groups excluding carboxylic acids is 1. The van der Waals surface area contributed by atoms with Crippen molar-refractivity contribution in [2.75, 3.05) is 19.2 Å². The van der Waals surface area contributed by atoms with Crippen LogP contribution in [0.25, 0.3) is 11.1 Å². The Morgan fingerprint density at radius 1 is 1.10 bits per heavy atom. The van der Waals surface area contributed by atoms with Gasteiger partial charge in [0.25, 0.3) is 0 Å². The Morgan fingerprint density at radius 3 is 2.68 bits per heavy atom. The number of aromatic nitrogens is 1. The summed E-state index contributed by atoms with van der Waals surface area (Å²) < 4.78 is 10.9. The molecule has 158 valence electrons. The van der Waals surface area contributed by atoms with Gasteiger partial charge in [-0.1, -0.05) is 30.3 Å². The topological polar surface area (TPSA) is 88.1 Å². The van der Waals surface area contributed by atoms with Gasteiger partial charge < -0.3 is 9.47 Å². The minimum absolute atomic E-state index is 0.278. The lowest BCUT2D eigenvalue weighted by Crippen LogP contribution is -2.46. The quantitative estimate of drug-likeness (QED) is 0.575. The third-order valence-electron chi connectivity index (χ3n) is 4.97. The van der Waals surface area contributed by atoms with Gasteiger partial charge in [0, 0.05) is 18.2 Å². The predicted octanol–water partition coefficient (Wildman–Crippen LogP) is 2.76. The number of rotatable bonds is 7. The van der Waals surface area contributed by atoms with Gasteiger partial charge in [0.15, 0.2) is 0 Å². The van der Waals surface area contributed by atoms with E-state index in [4.69, 9.17) is 9.47 Å². The molecule has 3 aromatic rings. The molecule has 2 heterocycles. The van der Waals surface area contributed by atoms with Crippen molar-refractivity contribution in [1.29, 1.82) is 0 Å². The maximum Gasteiger partial charge on any atom is 0.219 e. The van der Waals surface area contributed by atoms with Crippen molar-refractivity contribution in [2.45, 2.75) is 12.6 Å². The number of amides is 1. The number of pyridine rings is 1. The maximum atomic E-state index is 10.9. The standard InChI is InChI=1S/C23H23N5O3/c1-30-18-8-9-20(31-2)19(14-18)17-10-11-24-21(13-17)28-22(26-23(27-28)25-15-29)12-16-6-4-3-5-7-16/h3-11,13-15,22H,12H2,1-2H3,(H2,25,26,27,29). The fourth-order valence-electron chi connectivity index (χ4n) is 3.48. The summed E-state index contributed by atoms with van der Waals surface area (Å²) in [7, 11) is 3.27. The number of benzene rings is 2. The highest BCUT2D eigenvalue weighted by molar-refractivity contribution is 5.91. The first-order chi connectivity index (χ1) is 15.2. The van der Waals surface area contributed by atoms with Crippen LogP contribution in [-0.2, 0) is 11.2 Å². The summed E-state index contributed by atoms with van der Waals surface area (Å²) in [5, 5.41) is 4.43. The van der Waals surface area contributed by atoms with Crippen molar-refractivity contribution >= 4 is 18.2 Å². The Kier molecular flexibility index (Phi) is 5.98. The maximum absolute atomic E-state index is 10.9. The van der Waals surface area contributed by atoms with Crippen LogP contribution in [0, 0.1) is 0 Å². The third kappa shape index (κ3) is 4.42. The number of nitrogens with one attached hydrogen (secondary N) is 2. The van der Waals surface area contributed by atoms with Gasteiger partial charge in [-0.2, -0.15) is 0 Å². The van der Waals surface area contributed by atoms with E-state index in [2.05, 4.69) is 20.7 Å². The van der Waals surface area contributed by atoms with E-state index in [1.807, 2.05) is 65.7 Å². The summed E-state index contributed by atoms with van der Waals surface area (Å²) in [5.74, 6) is 2.50. The van der Waals surface area contributed by atoms with E-state index >= 15 is 0 Å². The molecule has 0 spiro atoms. The lowest BCUT2D eigenvalue weighted by molar-refractivity contribution is -0.108. The van der Waals surface area contributed by atoms with Gasteiger partial charge in [0.05, 0.1) is 14.2 Å². The Balaban J connectivity index is 1.68. The first kappa shape index (κ1) is 20.2. The number of ether oxygens (including phenoxy) is 2. The van der Waals surface area contributed by atoms with Gasteiger partial charge in [0.2, 0.25) is 12.4 Å². The molecule has 2 aromatic carbocycles. The average molecular weight is 417 g/mol. The summed E-state index contributed by atoms with van der Waals surface area (Å²) in [4.78, 5) is 20.1. The van der Waals surface area contributed by atoms with Gasteiger partial charge >= 0.3 is 0 Å². The Labute approximate surface area is 180 Å². The van der Waals surface area contributed by atoms with Crippen LogP contribution in [0.3, 0.4) is 0 Å². The van der Waals surface area contributed by atoms with Crippen LogP contribution < -0.4 is 25.2 Å². The van der Waals surface area contributed by atoms with Crippen molar-refractivity contribution in [3.05, 3.63) is 72.4 Å². The van der Waals surface area contributed by atoms with E-state index in [1.165, 1.54) is 0 Å². The van der Waals surface area contributed by atoms with Crippen LogP contribution in [0.2, 0.25) is 0 Å². The summed E-state index contributed by atoms with van der Waals surface area (Å²) in [6, 6.07) is 19.6. The van der Waals surface area contributed by atoms with Crippen molar-refractivity contribution in [2.24, 2.45) is 4.99 Å². The second-order valence-electron chi connectivity index (χ2n) is 6.86. The lowest BCUT2D eigenvalue weighted by Gasteiger charge is -2.24. The van der Waals surface area contributed by atoms with Crippen LogP contribution in [0.4, 0.5) is 5.82 Å². The predicted molar refractivity (Wildman–Crippen MR) is 119 cm³/mol. The van der Waals surface area contributed by atoms with Crippen LogP contribution in [0.5, 0.6) is 11.5 Å². The Morgan fingerprint density at radius 2 is 1.94 bits per heavy atom. The van der Waals surface area contributed by atoms with Gasteiger partial charge in [0.1, 0.15) is 23.5 Å². The lowest BCUT2D eigenvalue weighted by atomic mass is 10.0. The molecule has 0 bridgehead atoms. The van der Waals surface area contributed by atoms with E-state index < -0.39 is 0 Å². The van der Waals surface area contributed by atoms with Gasteiger partial charge in [-0.15, -0.1) is 0 Å². The molecule has 0 radical (unpaired) electrons. The molecule has 1 amide bonds. The molecule has 0 aliphatic carbocycles. The molecular weight excluding hydrogens is 394 g/mol. The van der Waals surface area contributed by atoms with Crippen LogP contribution in [0.15, 0.2) is 71.9 Å². The zero-order valence-electron chi connectivity index (χ0n) is 17.3. The monoisotopic (exact) mass is 417 g/mol. The SMILES string of the molecule is COc1ccc(OC)c(-c2ccnc(N3NC(NC=O)=NC3Cc3ccccc3)c2)c1. The molecule has 8 nitrogen and oxygen atoms in total. The van der Waals surface area contributed by atoms with Crippen molar-refractivity contribution < 1.29 is 14.3 Å². The van der Waals surface area contributed by atoms with Gasteiger partial charge in [-0.25, -0.2) is 15.0 Å². The molecule has 0 fully saturated rings. The molecular formula is C23H23N5O3. The summed E-state index contributed by atoms with van der Waals surface area (Å²) in [6.07, 6.45) is 2.70. The molecule has 0 saturated carbocycles. The van der Waals surface area contributed by atoms with Crippen molar-refractivity contribution in [1.82, 2.24) is 15.7 Å². The van der Waals surface area contributed by atoms with E-state index in [0.717, 1.165) is 28.2 Å². The number of anilines is 1. The van der Waals surface area contributed by atoms with Crippen LogP contribution >= 0.6 is 0 Å². The highest BCUT2D eigenvalue weighted by atomic mass is 16.5. The smallest absolute Gasteiger partial charge is 0.219 e. The van der Waals surface area contributed by atoms with Crippen LogP contribution in [0.1, 0.15) is 5.56 Å². The highest BCUT2D eigenvalue weighted by Gasteiger charge is 2.28. The fourth-order valence-corrected chi connectivity index (χ4v) is 3.48. The minimum Gasteiger partial charge on any atom is -0.497 e.